The molecule has 2 aromatic carbocycles. The number of nitrogens with one attached hydrogen (secondary N) is 2. The van der Waals surface area contributed by atoms with E-state index in [9.17, 15) is 19.5 Å². The van der Waals surface area contributed by atoms with Crippen molar-refractivity contribution in [3.63, 3.8) is 0 Å². The molecule has 0 spiro atoms. The number of nitrogens with zero attached hydrogens (tertiary/aromatic N) is 4. The van der Waals surface area contributed by atoms with E-state index in [1.54, 1.807) is 11.0 Å². The molecule has 1 saturated heterocycles. The fourth-order valence-electron chi connectivity index (χ4n) is 5.78. The lowest BCUT2D eigenvalue weighted by Gasteiger charge is -2.27. The van der Waals surface area contributed by atoms with E-state index in [0.29, 0.717) is 30.0 Å². The van der Waals surface area contributed by atoms with Crippen molar-refractivity contribution >= 4 is 23.2 Å². The molecule has 3 N–H and O–H groups in total. The normalized spacial score (nSPS) is 19.3. The Hall–Kier alpha value is -4.51. The third-order valence-corrected chi connectivity index (χ3v) is 7.47. The lowest BCUT2D eigenvalue weighted by Crippen LogP contribution is -2.46. The van der Waals surface area contributed by atoms with E-state index in [4.69, 9.17) is 4.74 Å². The van der Waals surface area contributed by atoms with Gasteiger partial charge in [0.05, 0.1) is 6.33 Å². The van der Waals surface area contributed by atoms with Crippen LogP contribution >= 0.6 is 0 Å². The number of carbonyl (C=O) groups excluding carboxylic acids is 1. The van der Waals surface area contributed by atoms with Gasteiger partial charge >= 0.3 is 12.1 Å². The molecule has 5 heterocycles. The first-order chi connectivity index (χ1) is 18.0. The predicted molar refractivity (Wildman–Crippen MR) is 132 cm³/mol. The highest BCUT2D eigenvalue weighted by molar-refractivity contribution is 5.88. The second-order valence-electron chi connectivity index (χ2n) is 9.46. The van der Waals surface area contributed by atoms with E-state index in [0.717, 1.165) is 35.3 Å². The molecule has 4 aromatic rings. The fourth-order valence-corrected chi connectivity index (χ4v) is 5.78. The molecule has 186 valence electrons. The number of fused-ring (bicyclic) bond motifs is 1. The van der Waals surface area contributed by atoms with Crippen LogP contribution in [0.4, 0.5) is 4.79 Å². The third-order valence-electron chi connectivity index (χ3n) is 7.47. The van der Waals surface area contributed by atoms with Gasteiger partial charge in [-0.15, -0.1) is 0 Å². The quantitative estimate of drug-likeness (QED) is 0.389. The molecule has 2 atom stereocenters. The highest BCUT2D eigenvalue weighted by atomic mass is 16.6. The van der Waals surface area contributed by atoms with Crippen LogP contribution in [0.25, 0.3) is 33.7 Å². The number of imidazole rings is 1. The van der Waals surface area contributed by atoms with Gasteiger partial charge in [-0.05, 0) is 33.9 Å². The smallest absolute Gasteiger partial charge is 0.409 e. The number of benzene rings is 2. The summed E-state index contributed by atoms with van der Waals surface area (Å²) in [4.78, 5) is 51.9. The van der Waals surface area contributed by atoms with E-state index >= 15 is 0 Å². The molecule has 1 fully saturated rings. The number of aliphatic carboxylic acids is 1. The Kier molecular flexibility index (Phi) is 4.70. The zero-order valence-corrected chi connectivity index (χ0v) is 19.6. The number of carboxylic acid groups (broad SMARTS) is 1. The monoisotopic (exact) mass is 498 g/mol. The molecule has 3 aliphatic heterocycles. The lowest BCUT2D eigenvalue weighted by atomic mass is 9.93. The summed E-state index contributed by atoms with van der Waals surface area (Å²) in [6.07, 6.45) is 0.980. The van der Waals surface area contributed by atoms with E-state index < -0.39 is 17.6 Å². The largest absolute Gasteiger partial charge is 0.479 e. The molecule has 37 heavy (non-hydrogen) atoms. The summed E-state index contributed by atoms with van der Waals surface area (Å²) in [5.41, 5.74) is 4.57. The molecule has 1 aliphatic carbocycles. The minimum Gasteiger partial charge on any atom is -0.479 e. The molecule has 1 amide bonds. The van der Waals surface area contributed by atoms with Crippen LogP contribution in [-0.4, -0.2) is 74.4 Å². The first kappa shape index (κ1) is 21.7. The van der Waals surface area contributed by atoms with E-state index in [2.05, 4.69) is 20.3 Å². The molecule has 9 bridgehead atoms. The summed E-state index contributed by atoms with van der Waals surface area (Å²) in [7, 11) is 0. The molecule has 4 aliphatic rings. The average molecular weight is 498 g/mol. The lowest BCUT2D eigenvalue weighted by molar-refractivity contribution is -0.139. The molecule has 11 nitrogen and oxygen atoms in total. The van der Waals surface area contributed by atoms with Crippen LogP contribution in [0.1, 0.15) is 28.7 Å². The summed E-state index contributed by atoms with van der Waals surface area (Å²) in [6, 6.07) is 10.1. The number of rotatable bonds is 3. The van der Waals surface area contributed by atoms with Crippen molar-refractivity contribution in [2.45, 2.75) is 12.0 Å². The van der Waals surface area contributed by atoms with Crippen LogP contribution in [0.2, 0.25) is 0 Å². The van der Waals surface area contributed by atoms with Crippen LogP contribution in [0.5, 0.6) is 0 Å². The van der Waals surface area contributed by atoms with Crippen molar-refractivity contribution in [3.8, 4) is 22.5 Å². The van der Waals surface area contributed by atoms with Crippen LogP contribution in [0, 0.1) is 0 Å². The highest BCUT2D eigenvalue weighted by Gasteiger charge is 2.36. The number of hydrogen-bond acceptors (Lipinski definition) is 7. The van der Waals surface area contributed by atoms with Gasteiger partial charge in [-0.2, -0.15) is 0 Å². The second kappa shape index (κ2) is 8.00. The van der Waals surface area contributed by atoms with Gasteiger partial charge < -0.3 is 29.6 Å². The molecule has 0 radical (unpaired) electrons. The summed E-state index contributed by atoms with van der Waals surface area (Å²) in [5.74, 6) is -1.10. The van der Waals surface area contributed by atoms with Crippen molar-refractivity contribution in [1.82, 2.24) is 29.7 Å². The van der Waals surface area contributed by atoms with Crippen molar-refractivity contribution < 1.29 is 19.4 Å². The summed E-state index contributed by atoms with van der Waals surface area (Å²) < 4.78 is 7.17. The van der Waals surface area contributed by atoms with Crippen LogP contribution in [0.15, 0.2) is 47.5 Å². The van der Waals surface area contributed by atoms with E-state index in [1.807, 2.05) is 30.3 Å². The van der Waals surface area contributed by atoms with Crippen molar-refractivity contribution in [1.29, 1.82) is 0 Å². The van der Waals surface area contributed by atoms with Gasteiger partial charge in [0.1, 0.15) is 12.4 Å². The van der Waals surface area contributed by atoms with Crippen LogP contribution < -0.4 is 10.9 Å². The van der Waals surface area contributed by atoms with Gasteiger partial charge in [-0.25, -0.2) is 19.6 Å². The molecule has 2 aromatic heterocycles. The molecule has 0 saturated carbocycles. The van der Waals surface area contributed by atoms with E-state index in [-0.39, 0.29) is 29.8 Å². The number of ether oxygens (including phenoxy) is 1. The minimum atomic E-state index is -1.17. The van der Waals surface area contributed by atoms with Crippen molar-refractivity contribution in [2.75, 3.05) is 32.8 Å². The average Bonchev–Trinajstić information content (AvgIpc) is 3.47. The number of carboxylic acids is 1. The van der Waals surface area contributed by atoms with Gasteiger partial charge in [0.25, 0.3) is 5.56 Å². The molecule has 2 unspecified atom stereocenters. The Labute approximate surface area is 209 Å². The van der Waals surface area contributed by atoms with Crippen LogP contribution in [0.3, 0.4) is 0 Å². The Morgan fingerprint density at radius 1 is 1.11 bits per heavy atom. The molecular weight excluding hydrogens is 476 g/mol. The number of carbonyl (C=O) groups is 2. The van der Waals surface area contributed by atoms with Crippen molar-refractivity contribution in [2.24, 2.45) is 0 Å². The van der Waals surface area contributed by atoms with Gasteiger partial charge in [0.2, 0.25) is 0 Å². The van der Waals surface area contributed by atoms with Crippen molar-refractivity contribution in [3.05, 3.63) is 69.8 Å². The summed E-state index contributed by atoms with van der Waals surface area (Å²) >= 11 is 0. The van der Waals surface area contributed by atoms with Gasteiger partial charge in [0, 0.05) is 37.7 Å². The Morgan fingerprint density at radius 2 is 1.92 bits per heavy atom. The molecule has 11 heteroatoms. The number of H-pyrrole nitrogens is 1. The van der Waals surface area contributed by atoms with Gasteiger partial charge in [-0.3, -0.25) is 4.79 Å². The zero-order chi connectivity index (χ0) is 25.3. The van der Waals surface area contributed by atoms with E-state index in [1.165, 1.54) is 10.9 Å². The van der Waals surface area contributed by atoms with Gasteiger partial charge in [-0.1, -0.05) is 30.3 Å². The first-order valence-electron chi connectivity index (χ1n) is 12.1. The Bertz CT molecular complexity index is 1670. The number of piperazine rings is 1. The third kappa shape index (κ3) is 3.20. The van der Waals surface area contributed by atoms with Crippen LogP contribution in [-0.2, 0) is 9.53 Å². The standard InChI is InChI=1S/C26H22N6O5/c33-24-21-23-28-12-32(21)20(25(34)35)13-4-5-14-17(10-13)15-2-1-3-16(22(29-23)30-24)19(15)18(14)11-37-26(36)31-8-6-27-7-9-31/h1-5,10,12,18,20,27H,6-9,11H2,(H,34,35)(H,29,30,33). The number of hydrogen-bond donors (Lipinski definition) is 3. The molecule has 8 rings (SSSR count). The SMILES string of the molecule is O=C(O)C1c2ccc3c(c2)-c2cccc(c2C3COC(=O)N2CCNCC2)-c2nc3ncn1c3c(=O)[nH]2. The highest BCUT2D eigenvalue weighted by Crippen LogP contribution is 2.49. The maximum atomic E-state index is 13.2. The second-order valence-corrected chi connectivity index (χ2v) is 9.46. The minimum absolute atomic E-state index is 0.0980. The first-order valence-corrected chi connectivity index (χ1v) is 12.1. The summed E-state index contributed by atoms with van der Waals surface area (Å²) in [6.45, 7) is 2.71. The summed E-state index contributed by atoms with van der Waals surface area (Å²) in [5, 5.41) is 13.4. The number of aromatic nitrogens is 4. The fraction of sp³-hybridized carbons (Fsp3) is 0.269. The zero-order valence-electron chi connectivity index (χ0n) is 19.6. The topological polar surface area (TPSA) is 142 Å². The number of amides is 1. The number of aromatic amines is 1. The Balaban J connectivity index is 1.43. The Morgan fingerprint density at radius 3 is 2.73 bits per heavy atom. The predicted octanol–water partition coefficient (Wildman–Crippen LogP) is 1.93. The van der Waals surface area contributed by atoms with Gasteiger partial charge in [0.15, 0.2) is 17.2 Å². The molecular formula is C26H22N6O5. The maximum Gasteiger partial charge on any atom is 0.409 e. The maximum absolute atomic E-state index is 13.2.